The molecular weight excluding hydrogens is 116 g/mol. The SMILES string of the molecule is CC=CCCC(N)=NO. The van der Waals surface area contributed by atoms with E-state index in [0.29, 0.717) is 6.42 Å². The Labute approximate surface area is 54.9 Å². The smallest absolute Gasteiger partial charge is 0.139 e. The minimum Gasteiger partial charge on any atom is -0.409 e. The van der Waals surface area contributed by atoms with E-state index in [4.69, 9.17) is 10.9 Å². The molecule has 0 unspecified atom stereocenters. The van der Waals surface area contributed by atoms with Gasteiger partial charge in [-0.3, -0.25) is 0 Å². The van der Waals surface area contributed by atoms with Crippen molar-refractivity contribution < 1.29 is 5.21 Å². The maximum atomic E-state index is 8.07. The van der Waals surface area contributed by atoms with Crippen LogP contribution in [0.25, 0.3) is 0 Å². The zero-order valence-corrected chi connectivity index (χ0v) is 5.54. The van der Waals surface area contributed by atoms with Crippen molar-refractivity contribution in [3.05, 3.63) is 12.2 Å². The first-order valence-corrected chi connectivity index (χ1v) is 2.88. The second kappa shape index (κ2) is 5.15. The topological polar surface area (TPSA) is 58.6 Å². The normalized spacial score (nSPS) is 12.8. The standard InChI is InChI=1S/C6H12N2O/c1-2-3-4-5-6(7)8-9/h2-3,9H,4-5H2,1H3,(H2,7,8). The third-order valence-electron chi connectivity index (χ3n) is 0.931. The Morgan fingerprint density at radius 2 is 2.44 bits per heavy atom. The molecule has 0 rings (SSSR count). The van der Waals surface area contributed by atoms with Crippen LogP contribution >= 0.6 is 0 Å². The van der Waals surface area contributed by atoms with Gasteiger partial charge >= 0.3 is 0 Å². The first kappa shape index (κ1) is 8.01. The van der Waals surface area contributed by atoms with E-state index in [2.05, 4.69) is 5.16 Å². The van der Waals surface area contributed by atoms with Gasteiger partial charge in [0.2, 0.25) is 0 Å². The van der Waals surface area contributed by atoms with Gasteiger partial charge in [-0.15, -0.1) is 0 Å². The van der Waals surface area contributed by atoms with E-state index in [1.54, 1.807) is 0 Å². The van der Waals surface area contributed by atoms with Crippen molar-refractivity contribution in [2.24, 2.45) is 10.9 Å². The van der Waals surface area contributed by atoms with Crippen molar-refractivity contribution >= 4 is 5.84 Å². The first-order valence-electron chi connectivity index (χ1n) is 2.88. The molecule has 0 aromatic rings. The largest absolute Gasteiger partial charge is 0.409 e. The first-order chi connectivity index (χ1) is 4.31. The lowest BCUT2D eigenvalue weighted by atomic mass is 10.3. The number of hydrogen-bond acceptors (Lipinski definition) is 2. The Kier molecular flexibility index (Phi) is 4.59. The van der Waals surface area contributed by atoms with E-state index >= 15 is 0 Å². The van der Waals surface area contributed by atoms with E-state index in [1.165, 1.54) is 0 Å². The zero-order valence-electron chi connectivity index (χ0n) is 5.54. The Balaban J connectivity index is 3.28. The molecule has 3 heteroatoms. The molecule has 52 valence electrons. The highest BCUT2D eigenvalue weighted by atomic mass is 16.4. The molecule has 0 aliphatic heterocycles. The van der Waals surface area contributed by atoms with E-state index in [9.17, 15) is 0 Å². The summed E-state index contributed by atoms with van der Waals surface area (Å²) in [5.74, 6) is 0.285. The minimum absolute atomic E-state index is 0.285. The Morgan fingerprint density at radius 3 is 2.89 bits per heavy atom. The Morgan fingerprint density at radius 1 is 1.78 bits per heavy atom. The van der Waals surface area contributed by atoms with Gasteiger partial charge < -0.3 is 10.9 Å². The molecule has 0 saturated carbocycles. The lowest BCUT2D eigenvalue weighted by Gasteiger charge is -1.90. The molecule has 0 aliphatic carbocycles. The fourth-order valence-corrected chi connectivity index (χ4v) is 0.448. The van der Waals surface area contributed by atoms with E-state index in [0.717, 1.165) is 6.42 Å². The zero-order chi connectivity index (χ0) is 7.11. The van der Waals surface area contributed by atoms with Crippen LogP contribution in [-0.4, -0.2) is 11.0 Å². The summed E-state index contributed by atoms with van der Waals surface area (Å²) in [4.78, 5) is 0. The van der Waals surface area contributed by atoms with Crippen molar-refractivity contribution in [2.45, 2.75) is 19.8 Å². The van der Waals surface area contributed by atoms with Gasteiger partial charge in [0.15, 0.2) is 0 Å². The van der Waals surface area contributed by atoms with Gasteiger partial charge in [-0.05, 0) is 13.3 Å². The number of amidine groups is 1. The molecule has 0 atom stereocenters. The number of nitrogens with zero attached hydrogens (tertiary/aromatic N) is 1. The van der Waals surface area contributed by atoms with Crippen molar-refractivity contribution in [3.8, 4) is 0 Å². The molecule has 3 nitrogen and oxygen atoms in total. The molecule has 0 heterocycles. The molecule has 0 fully saturated rings. The monoisotopic (exact) mass is 128 g/mol. The van der Waals surface area contributed by atoms with Gasteiger partial charge in [0.1, 0.15) is 5.84 Å². The maximum Gasteiger partial charge on any atom is 0.139 e. The molecule has 0 aliphatic rings. The lowest BCUT2D eigenvalue weighted by molar-refractivity contribution is 0.317. The molecule has 0 saturated heterocycles. The predicted molar refractivity (Wildman–Crippen MR) is 37.5 cm³/mol. The number of hydrogen-bond donors (Lipinski definition) is 2. The molecule has 9 heavy (non-hydrogen) atoms. The highest BCUT2D eigenvalue weighted by molar-refractivity contribution is 5.79. The average molecular weight is 128 g/mol. The minimum atomic E-state index is 0.285. The van der Waals surface area contributed by atoms with Crippen LogP contribution in [0.1, 0.15) is 19.8 Å². The number of nitrogens with two attached hydrogens (primary N) is 1. The summed E-state index contributed by atoms with van der Waals surface area (Å²) < 4.78 is 0. The van der Waals surface area contributed by atoms with Crippen molar-refractivity contribution in [2.75, 3.05) is 0 Å². The summed E-state index contributed by atoms with van der Waals surface area (Å²) >= 11 is 0. The quantitative estimate of drug-likeness (QED) is 0.196. The lowest BCUT2D eigenvalue weighted by Crippen LogP contribution is -2.10. The van der Waals surface area contributed by atoms with Crippen LogP contribution in [0.2, 0.25) is 0 Å². The third-order valence-corrected chi connectivity index (χ3v) is 0.931. The Bertz CT molecular complexity index is 118. The Hall–Kier alpha value is -0.990. The van der Waals surface area contributed by atoms with Gasteiger partial charge in [0.25, 0.3) is 0 Å². The fourth-order valence-electron chi connectivity index (χ4n) is 0.448. The molecular formula is C6H12N2O. The summed E-state index contributed by atoms with van der Waals surface area (Å²) in [5, 5.41) is 10.9. The molecule has 0 radical (unpaired) electrons. The van der Waals surface area contributed by atoms with Gasteiger partial charge in [0, 0.05) is 6.42 Å². The van der Waals surface area contributed by atoms with Gasteiger partial charge in [-0.25, -0.2) is 0 Å². The molecule has 3 N–H and O–H groups in total. The average Bonchev–Trinajstić information content (AvgIpc) is 1.89. The van der Waals surface area contributed by atoms with Gasteiger partial charge in [-0.1, -0.05) is 17.3 Å². The highest BCUT2D eigenvalue weighted by Crippen LogP contribution is 1.89. The third kappa shape index (κ3) is 4.87. The van der Waals surface area contributed by atoms with E-state index < -0.39 is 0 Å². The summed E-state index contributed by atoms with van der Waals surface area (Å²) in [6.07, 6.45) is 5.37. The fraction of sp³-hybridized carbons (Fsp3) is 0.500. The highest BCUT2D eigenvalue weighted by Gasteiger charge is 1.87. The molecule has 0 aromatic heterocycles. The summed E-state index contributed by atoms with van der Waals surface area (Å²) in [6.45, 7) is 1.94. The van der Waals surface area contributed by atoms with Crippen molar-refractivity contribution in [3.63, 3.8) is 0 Å². The van der Waals surface area contributed by atoms with Crippen molar-refractivity contribution in [1.82, 2.24) is 0 Å². The van der Waals surface area contributed by atoms with Crippen LogP contribution in [-0.2, 0) is 0 Å². The summed E-state index contributed by atoms with van der Waals surface area (Å²) in [7, 11) is 0. The number of rotatable bonds is 3. The van der Waals surface area contributed by atoms with Crippen molar-refractivity contribution in [1.29, 1.82) is 0 Å². The number of oxime groups is 1. The summed E-state index contributed by atoms with van der Waals surface area (Å²) in [6, 6.07) is 0. The maximum absolute atomic E-state index is 8.07. The van der Waals surface area contributed by atoms with Crippen LogP contribution < -0.4 is 5.73 Å². The predicted octanol–water partition coefficient (Wildman–Crippen LogP) is 1.09. The van der Waals surface area contributed by atoms with Crippen LogP contribution in [0.15, 0.2) is 17.3 Å². The van der Waals surface area contributed by atoms with Crippen LogP contribution in [0.4, 0.5) is 0 Å². The van der Waals surface area contributed by atoms with E-state index in [1.807, 2.05) is 19.1 Å². The molecule has 0 amide bonds. The summed E-state index contributed by atoms with van der Waals surface area (Å²) in [5.41, 5.74) is 5.18. The van der Waals surface area contributed by atoms with Crippen LogP contribution in [0, 0.1) is 0 Å². The molecule has 0 aromatic carbocycles. The van der Waals surface area contributed by atoms with E-state index in [-0.39, 0.29) is 5.84 Å². The van der Waals surface area contributed by atoms with Crippen LogP contribution in [0.3, 0.4) is 0 Å². The second-order valence-electron chi connectivity index (χ2n) is 1.70. The van der Waals surface area contributed by atoms with Gasteiger partial charge in [0.05, 0.1) is 0 Å². The second-order valence-corrected chi connectivity index (χ2v) is 1.70. The molecule has 0 bridgehead atoms. The molecule has 0 spiro atoms. The van der Waals surface area contributed by atoms with Crippen LogP contribution in [0.5, 0.6) is 0 Å². The van der Waals surface area contributed by atoms with Gasteiger partial charge in [-0.2, -0.15) is 0 Å². The number of allylic oxidation sites excluding steroid dienone is 2.